The van der Waals surface area contributed by atoms with E-state index in [1.165, 1.54) is 44.9 Å². The number of anilines is 5. The molecule has 0 saturated heterocycles. The van der Waals surface area contributed by atoms with Gasteiger partial charge in [-0.15, -0.1) is 0 Å². The number of benzene rings is 6. The molecule has 2 nitrogen and oxygen atoms in total. The van der Waals surface area contributed by atoms with Gasteiger partial charge in [0.1, 0.15) is 0 Å². The number of para-hydroxylation sites is 3. The zero-order chi connectivity index (χ0) is 29.3. The van der Waals surface area contributed by atoms with Crippen LogP contribution >= 0.6 is 0 Å². The van der Waals surface area contributed by atoms with Gasteiger partial charge in [0, 0.05) is 40.1 Å². The summed E-state index contributed by atoms with van der Waals surface area (Å²) in [5.41, 5.74) is 13.8. The van der Waals surface area contributed by atoms with Gasteiger partial charge in [0.25, 0.3) is 0 Å². The van der Waals surface area contributed by atoms with Gasteiger partial charge < -0.3 is 9.80 Å². The first kappa shape index (κ1) is 26.1. The van der Waals surface area contributed by atoms with E-state index in [0.29, 0.717) is 5.92 Å². The second-order valence-electron chi connectivity index (χ2n) is 11.4. The van der Waals surface area contributed by atoms with Crippen LogP contribution in [0.4, 0.5) is 28.4 Å². The molecule has 210 valence electrons. The van der Waals surface area contributed by atoms with Crippen LogP contribution in [0.2, 0.25) is 0 Å². The fraction of sp³-hybridized carbons (Fsp3) is 0.0476. The highest BCUT2D eigenvalue weighted by molar-refractivity contribution is 5.84. The lowest BCUT2D eigenvalue weighted by atomic mass is 9.85. The van der Waals surface area contributed by atoms with Gasteiger partial charge in [-0.1, -0.05) is 115 Å². The Hall–Kier alpha value is -5.60. The molecule has 44 heavy (non-hydrogen) atoms. The van der Waals surface area contributed by atoms with Crippen molar-refractivity contribution >= 4 is 34.0 Å². The average Bonchev–Trinajstić information content (AvgIpc) is 3.44. The minimum absolute atomic E-state index is 0.343. The Morgan fingerprint density at radius 2 is 0.977 bits per heavy atom. The summed E-state index contributed by atoms with van der Waals surface area (Å²) in [5.74, 6) is 0.343. The van der Waals surface area contributed by atoms with Crippen LogP contribution in [-0.2, 0) is 0 Å². The second kappa shape index (κ2) is 11.2. The Balaban J connectivity index is 1.12. The molecule has 6 aromatic carbocycles. The molecular formula is C42H32N2. The van der Waals surface area contributed by atoms with Gasteiger partial charge in [-0.2, -0.15) is 0 Å². The molecule has 1 aliphatic carbocycles. The summed E-state index contributed by atoms with van der Waals surface area (Å²) in [6.07, 6.45) is 5.63. The highest BCUT2D eigenvalue weighted by Crippen LogP contribution is 2.52. The third kappa shape index (κ3) is 4.71. The summed E-state index contributed by atoms with van der Waals surface area (Å²) in [4.78, 5) is 4.76. The van der Waals surface area contributed by atoms with E-state index in [1.54, 1.807) is 0 Å². The Bertz CT molecular complexity index is 1960. The van der Waals surface area contributed by atoms with Crippen LogP contribution in [0.25, 0.3) is 16.7 Å². The van der Waals surface area contributed by atoms with E-state index in [1.807, 2.05) is 0 Å². The van der Waals surface area contributed by atoms with Crippen LogP contribution in [0, 0.1) is 0 Å². The van der Waals surface area contributed by atoms with Gasteiger partial charge in [0.05, 0.1) is 0 Å². The lowest BCUT2D eigenvalue weighted by Gasteiger charge is -2.27. The Kier molecular flexibility index (Phi) is 6.66. The molecule has 2 heteroatoms. The van der Waals surface area contributed by atoms with Crippen LogP contribution in [0.15, 0.2) is 182 Å². The van der Waals surface area contributed by atoms with Crippen LogP contribution < -0.4 is 9.80 Å². The van der Waals surface area contributed by atoms with E-state index in [-0.39, 0.29) is 0 Å². The molecule has 1 heterocycles. The standard InChI is InChI=1S/C42H32N2/c1-4-12-31(13-5-1)32-20-25-37(26-21-32)43(35-14-6-2-7-15-35)38-27-22-33(23-28-38)34-24-29-42-40(30-34)39-18-10-11-19-41(39)44(42)36-16-8-3-9-17-36/h1-29,40H,30H2. The Labute approximate surface area is 259 Å². The SMILES string of the molecule is C1=C(c2ccc(N(c3ccccc3)c3ccc(-c4ccccc4)cc3)cc2)CC2C(=C1)N(c1ccccc1)c1ccccc12. The molecule has 0 saturated carbocycles. The Morgan fingerprint density at radius 3 is 1.66 bits per heavy atom. The van der Waals surface area contributed by atoms with Crippen molar-refractivity contribution in [1.29, 1.82) is 0 Å². The van der Waals surface area contributed by atoms with Crippen LogP contribution in [0.1, 0.15) is 23.5 Å². The predicted octanol–water partition coefficient (Wildman–Crippen LogP) is 11.4. The smallest absolute Gasteiger partial charge is 0.0497 e. The van der Waals surface area contributed by atoms with Crippen molar-refractivity contribution in [2.45, 2.75) is 12.3 Å². The quantitative estimate of drug-likeness (QED) is 0.198. The molecule has 0 N–H and O–H groups in total. The highest BCUT2D eigenvalue weighted by atomic mass is 15.2. The molecule has 6 aromatic rings. The number of rotatable bonds is 6. The lowest BCUT2D eigenvalue weighted by molar-refractivity contribution is 0.832. The van der Waals surface area contributed by atoms with Crippen molar-refractivity contribution in [3.8, 4) is 11.1 Å². The van der Waals surface area contributed by atoms with Gasteiger partial charge >= 0.3 is 0 Å². The van der Waals surface area contributed by atoms with Gasteiger partial charge in [-0.25, -0.2) is 0 Å². The highest BCUT2D eigenvalue weighted by Gasteiger charge is 2.36. The normalized spacial score (nSPS) is 15.2. The number of nitrogens with zero attached hydrogens (tertiary/aromatic N) is 2. The molecule has 2 aliphatic rings. The number of allylic oxidation sites excluding steroid dienone is 4. The monoisotopic (exact) mass is 564 g/mol. The summed E-state index contributed by atoms with van der Waals surface area (Å²) < 4.78 is 0. The number of hydrogen-bond donors (Lipinski definition) is 0. The van der Waals surface area contributed by atoms with Crippen molar-refractivity contribution < 1.29 is 0 Å². The molecule has 0 fully saturated rings. The molecule has 0 spiro atoms. The van der Waals surface area contributed by atoms with Crippen LogP contribution in [-0.4, -0.2) is 0 Å². The van der Waals surface area contributed by atoms with E-state index in [0.717, 1.165) is 23.5 Å². The van der Waals surface area contributed by atoms with Crippen molar-refractivity contribution in [3.05, 3.63) is 193 Å². The molecule has 0 bridgehead atoms. The first-order valence-corrected chi connectivity index (χ1v) is 15.3. The number of hydrogen-bond acceptors (Lipinski definition) is 2. The van der Waals surface area contributed by atoms with E-state index >= 15 is 0 Å². The third-order valence-electron chi connectivity index (χ3n) is 8.81. The van der Waals surface area contributed by atoms with E-state index in [9.17, 15) is 0 Å². The predicted molar refractivity (Wildman–Crippen MR) is 185 cm³/mol. The largest absolute Gasteiger partial charge is 0.313 e. The van der Waals surface area contributed by atoms with Gasteiger partial charge in [0.15, 0.2) is 0 Å². The topological polar surface area (TPSA) is 6.48 Å². The Morgan fingerprint density at radius 1 is 0.455 bits per heavy atom. The van der Waals surface area contributed by atoms with Crippen molar-refractivity contribution in [2.24, 2.45) is 0 Å². The van der Waals surface area contributed by atoms with Gasteiger partial charge in [0.2, 0.25) is 0 Å². The summed E-state index contributed by atoms with van der Waals surface area (Å²) >= 11 is 0. The molecule has 1 atom stereocenters. The maximum atomic E-state index is 2.43. The zero-order valence-electron chi connectivity index (χ0n) is 24.4. The minimum Gasteiger partial charge on any atom is -0.313 e. The van der Waals surface area contributed by atoms with Crippen molar-refractivity contribution in [2.75, 3.05) is 9.80 Å². The van der Waals surface area contributed by atoms with Gasteiger partial charge in [-0.05, 0) is 94.9 Å². The van der Waals surface area contributed by atoms with Crippen LogP contribution in [0.5, 0.6) is 0 Å². The molecule has 8 rings (SSSR count). The molecule has 1 aliphatic heterocycles. The minimum atomic E-state index is 0.343. The average molecular weight is 565 g/mol. The summed E-state index contributed by atoms with van der Waals surface area (Å²) in [6.45, 7) is 0. The third-order valence-corrected chi connectivity index (χ3v) is 8.81. The molecule has 0 radical (unpaired) electrons. The van der Waals surface area contributed by atoms with Crippen molar-refractivity contribution in [3.63, 3.8) is 0 Å². The van der Waals surface area contributed by atoms with Crippen molar-refractivity contribution in [1.82, 2.24) is 0 Å². The summed E-state index contributed by atoms with van der Waals surface area (Å²) in [7, 11) is 0. The fourth-order valence-electron chi connectivity index (χ4n) is 6.68. The maximum Gasteiger partial charge on any atom is 0.0497 e. The molecular weight excluding hydrogens is 532 g/mol. The molecule has 1 unspecified atom stereocenters. The number of fused-ring (bicyclic) bond motifs is 3. The molecule has 0 amide bonds. The maximum absolute atomic E-state index is 2.43. The lowest BCUT2D eigenvalue weighted by Crippen LogP contribution is -2.15. The second-order valence-corrected chi connectivity index (χ2v) is 11.4. The van der Waals surface area contributed by atoms with E-state index in [4.69, 9.17) is 0 Å². The zero-order valence-corrected chi connectivity index (χ0v) is 24.4. The van der Waals surface area contributed by atoms with Gasteiger partial charge in [-0.3, -0.25) is 0 Å². The van der Waals surface area contributed by atoms with E-state index in [2.05, 4.69) is 186 Å². The first-order valence-electron chi connectivity index (χ1n) is 15.3. The van der Waals surface area contributed by atoms with Crippen LogP contribution in [0.3, 0.4) is 0 Å². The summed E-state index contributed by atoms with van der Waals surface area (Å²) in [5, 5.41) is 0. The molecule has 0 aromatic heterocycles. The fourth-order valence-corrected chi connectivity index (χ4v) is 6.68. The summed E-state index contributed by atoms with van der Waals surface area (Å²) in [6, 6.07) is 58.7. The van der Waals surface area contributed by atoms with E-state index < -0.39 is 0 Å². The first-order chi connectivity index (χ1) is 21.8.